The lowest BCUT2D eigenvalue weighted by molar-refractivity contribution is 0.0991. The first-order chi connectivity index (χ1) is 10.3. The van der Waals surface area contributed by atoms with Crippen LogP contribution in [0.15, 0.2) is 18.2 Å². The van der Waals surface area contributed by atoms with Gasteiger partial charge in [-0.25, -0.2) is 4.39 Å². The summed E-state index contributed by atoms with van der Waals surface area (Å²) in [5.74, 6) is 1.48. The van der Waals surface area contributed by atoms with Gasteiger partial charge in [-0.2, -0.15) is 8.78 Å². The summed E-state index contributed by atoms with van der Waals surface area (Å²) < 4.78 is 40.2. The quantitative estimate of drug-likeness (QED) is 0.549. The second-order valence-electron chi connectivity index (χ2n) is 6.65. The van der Waals surface area contributed by atoms with Gasteiger partial charge in [0, 0.05) is 0 Å². The van der Waals surface area contributed by atoms with Crippen molar-refractivity contribution in [1.82, 2.24) is 0 Å². The maximum Gasteiger partial charge on any atom is 0.286 e. The molecule has 1 fully saturated rings. The Morgan fingerprint density at radius 1 is 1.14 bits per heavy atom. The zero-order valence-electron chi connectivity index (χ0n) is 13.4. The van der Waals surface area contributed by atoms with E-state index in [2.05, 4.69) is 13.8 Å². The Morgan fingerprint density at radius 3 is 2.23 bits per heavy atom. The summed E-state index contributed by atoms with van der Waals surface area (Å²) in [6, 6.07) is 4.13. The molecule has 1 aliphatic rings. The number of hydrogen-bond donors (Lipinski definition) is 0. The van der Waals surface area contributed by atoms with Gasteiger partial charge >= 0.3 is 0 Å². The molecule has 124 valence electrons. The van der Waals surface area contributed by atoms with E-state index in [4.69, 9.17) is 0 Å². The number of benzene rings is 1. The Bertz CT molecular complexity index is 484. The average molecular weight is 330 g/mol. The van der Waals surface area contributed by atoms with Gasteiger partial charge in [-0.15, -0.1) is 0 Å². The number of halogens is 3. The highest BCUT2D eigenvalue weighted by atomic mass is 31.0. The normalized spacial score (nSPS) is 25.6. The Hall–Kier alpha value is -0.560. The van der Waals surface area contributed by atoms with E-state index in [1.807, 2.05) is 0 Å². The Balaban J connectivity index is 1.98. The van der Waals surface area contributed by atoms with E-state index in [0.717, 1.165) is 30.2 Å². The van der Waals surface area contributed by atoms with Gasteiger partial charge in [0.25, 0.3) is 5.66 Å². The van der Waals surface area contributed by atoms with Gasteiger partial charge in [0.15, 0.2) is 0 Å². The molecule has 1 aliphatic carbocycles. The van der Waals surface area contributed by atoms with E-state index in [0.29, 0.717) is 5.92 Å². The molecule has 0 aliphatic heterocycles. The topological polar surface area (TPSA) is 0 Å². The summed E-state index contributed by atoms with van der Waals surface area (Å²) in [5.41, 5.74) is -2.90. The third-order valence-electron chi connectivity index (χ3n) is 5.22. The predicted octanol–water partition coefficient (Wildman–Crippen LogP) is 6.15. The molecule has 0 bridgehead atoms. The third-order valence-corrected chi connectivity index (χ3v) is 5.53. The minimum atomic E-state index is -3.20. The van der Waals surface area contributed by atoms with Crippen LogP contribution >= 0.6 is 9.24 Å². The van der Waals surface area contributed by atoms with Crippen molar-refractivity contribution >= 4 is 9.24 Å². The van der Waals surface area contributed by atoms with Crippen molar-refractivity contribution in [3.8, 4) is 0 Å². The van der Waals surface area contributed by atoms with Crippen LogP contribution in [0.3, 0.4) is 0 Å². The van der Waals surface area contributed by atoms with Crippen molar-refractivity contribution in [3.63, 3.8) is 0 Å². The lowest BCUT2D eigenvalue weighted by atomic mass is 9.92. The zero-order valence-corrected chi connectivity index (χ0v) is 14.6. The number of rotatable bonds is 6. The summed E-state index contributed by atoms with van der Waals surface area (Å²) in [5, 5.41) is 0. The lowest BCUT2D eigenvalue weighted by Crippen LogP contribution is -2.07. The number of aryl methyl sites for hydroxylation is 1. The highest BCUT2D eigenvalue weighted by molar-refractivity contribution is 7.17. The molecule has 0 nitrogen and oxygen atoms in total. The summed E-state index contributed by atoms with van der Waals surface area (Å²) in [6.07, 6.45) is 6.74. The Kier molecular flexibility index (Phi) is 5.94. The Labute approximate surface area is 134 Å². The predicted molar refractivity (Wildman–Crippen MR) is 88.6 cm³/mol. The van der Waals surface area contributed by atoms with Crippen molar-refractivity contribution in [2.75, 3.05) is 0 Å². The second kappa shape index (κ2) is 7.34. The minimum Gasteiger partial charge on any atom is -0.206 e. The largest absolute Gasteiger partial charge is 0.286 e. The fourth-order valence-corrected chi connectivity index (χ4v) is 4.15. The SMILES string of the molecule is CC[C@@H]1CC(CCc2ccc(F)c(C(F)(F)P)c2)C[C@@H]1CC. The molecule has 0 radical (unpaired) electrons. The van der Waals surface area contributed by atoms with Gasteiger partial charge in [-0.05, 0) is 61.1 Å². The van der Waals surface area contributed by atoms with Gasteiger partial charge in [-0.3, -0.25) is 0 Å². The van der Waals surface area contributed by atoms with Gasteiger partial charge in [-0.1, -0.05) is 42.0 Å². The highest BCUT2D eigenvalue weighted by Gasteiger charge is 2.32. The molecular weight excluding hydrogens is 304 g/mol. The molecule has 1 saturated carbocycles. The standard InChI is InChI=1S/C18H26F3P/c1-3-14-9-13(10-15(14)4-2)6-5-12-7-8-17(19)16(11-12)18(20,21)22/h7-8,11,13-15H,3-6,9-10,22H2,1-2H3/t13?,14-,15+. The van der Waals surface area contributed by atoms with Crippen molar-refractivity contribution in [2.45, 2.75) is 58.0 Å². The molecule has 1 aromatic rings. The lowest BCUT2D eigenvalue weighted by Gasteiger charge is -2.14. The van der Waals surface area contributed by atoms with Crippen molar-refractivity contribution in [1.29, 1.82) is 0 Å². The van der Waals surface area contributed by atoms with Crippen LogP contribution in [0.4, 0.5) is 13.2 Å². The molecule has 2 rings (SSSR count). The monoisotopic (exact) mass is 330 g/mol. The second-order valence-corrected chi connectivity index (χ2v) is 7.38. The summed E-state index contributed by atoms with van der Waals surface area (Å²) in [4.78, 5) is 0. The van der Waals surface area contributed by atoms with Gasteiger partial charge in [0.1, 0.15) is 5.82 Å². The summed E-state index contributed by atoms with van der Waals surface area (Å²) in [6.45, 7) is 4.51. The van der Waals surface area contributed by atoms with Crippen LogP contribution in [0.5, 0.6) is 0 Å². The first-order valence-electron chi connectivity index (χ1n) is 8.30. The highest BCUT2D eigenvalue weighted by Crippen LogP contribution is 2.42. The summed E-state index contributed by atoms with van der Waals surface area (Å²) in [7, 11) is 1.42. The van der Waals surface area contributed by atoms with Crippen molar-refractivity contribution < 1.29 is 13.2 Å². The van der Waals surface area contributed by atoms with Crippen molar-refractivity contribution in [3.05, 3.63) is 35.1 Å². The number of alkyl halides is 2. The maximum absolute atomic E-state index is 13.5. The van der Waals surface area contributed by atoms with E-state index < -0.39 is 17.0 Å². The van der Waals surface area contributed by atoms with Crippen LogP contribution in [-0.4, -0.2) is 0 Å². The van der Waals surface area contributed by atoms with Crippen LogP contribution in [0.1, 0.15) is 57.1 Å². The van der Waals surface area contributed by atoms with Gasteiger partial charge in [0.2, 0.25) is 0 Å². The third kappa shape index (κ3) is 4.25. The molecule has 2 unspecified atom stereocenters. The molecule has 0 aromatic heterocycles. The van der Waals surface area contributed by atoms with Crippen LogP contribution in [0, 0.1) is 23.6 Å². The molecular formula is C18H26F3P. The summed E-state index contributed by atoms with van der Waals surface area (Å²) >= 11 is 0. The molecule has 1 aromatic carbocycles. The van der Waals surface area contributed by atoms with Crippen LogP contribution in [-0.2, 0) is 12.1 Å². The number of hydrogen-bond acceptors (Lipinski definition) is 0. The molecule has 0 N–H and O–H groups in total. The van der Waals surface area contributed by atoms with Crippen LogP contribution < -0.4 is 0 Å². The van der Waals surface area contributed by atoms with Gasteiger partial charge in [0.05, 0.1) is 5.56 Å². The zero-order chi connectivity index (χ0) is 16.3. The molecule has 22 heavy (non-hydrogen) atoms. The van der Waals surface area contributed by atoms with E-state index >= 15 is 0 Å². The van der Waals surface area contributed by atoms with Gasteiger partial charge < -0.3 is 0 Å². The van der Waals surface area contributed by atoms with Crippen molar-refractivity contribution in [2.24, 2.45) is 17.8 Å². The maximum atomic E-state index is 13.5. The fraction of sp³-hybridized carbons (Fsp3) is 0.667. The molecule has 0 spiro atoms. The van der Waals surface area contributed by atoms with Crippen LogP contribution in [0.25, 0.3) is 0 Å². The van der Waals surface area contributed by atoms with E-state index in [1.165, 1.54) is 47.1 Å². The molecule has 4 atom stereocenters. The first kappa shape index (κ1) is 17.8. The van der Waals surface area contributed by atoms with Crippen LogP contribution in [0.2, 0.25) is 0 Å². The molecule has 0 heterocycles. The molecule has 0 saturated heterocycles. The first-order valence-corrected chi connectivity index (χ1v) is 8.88. The van der Waals surface area contributed by atoms with E-state index in [-0.39, 0.29) is 0 Å². The smallest absolute Gasteiger partial charge is 0.206 e. The average Bonchev–Trinajstić information content (AvgIpc) is 2.87. The molecule has 0 amide bonds. The molecule has 4 heteroatoms. The van der Waals surface area contributed by atoms with E-state index in [1.54, 1.807) is 6.07 Å². The minimum absolute atomic E-state index is 0.515. The van der Waals surface area contributed by atoms with E-state index in [9.17, 15) is 13.2 Å². The fourth-order valence-electron chi connectivity index (χ4n) is 3.93. The Morgan fingerprint density at radius 2 is 1.73 bits per heavy atom.